The summed E-state index contributed by atoms with van der Waals surface area (Å²) >= 11 is 0. The smallest absolute Gasteiger partial charge is 0.164 e. The summed E-state index contributed by atoms with van der Waals surface area (Å²) in [6, 6.07) is 80.2. The summed E-state index contributed by atoms with van der Waals surface area (Å²) in [6.45, 7) is 0. The minimum Gasteiger partial charge on any atom is -0.299 e. The van der Waals surface area contributed by atoms with Crippen molar-refractivity contribution in [3.05, 3.63) is 237 Å². The second-order valence-electron chi connectivity index (χ2n) is 15.5. The number of hydrogen-bond acceptors (Lipinski definition) is 4. The quantitative estimate of drug-likeness (QED) is 0.146. The maximum absolute atomic E-state index is 5.13. The van der Waals surface area contributed by atoms with Crippen LogP contribution in [0, 0.1) is 0 Å². The summed E-state index contributed by atoms with van der Waals surface area (Å²) in [6.07, 6.45) is 2.09. The zero-order valence-corrected chi connectivity index (χ0v) is 34.3. The summed E-state index contributed by atoms with van der Waals surface area (Å²) in [7, 11) is 0. The predicted octanol–water partition coefficient (Wildman–Crippen LogP) is 14.5. The van der Waals surface area contributed by atoms with E-state index in [9.17, 15) is 0 Å². The molecule has 0 N–H and O–H groups in total. The van der Waals surface area contributed by atoms with E-state index in [-0.39, 0.29) is 0 Å². The lowest BCUT2D eigenvalue weighted by molar-refractivity contribution is 1.07. The zero-order chi connectivity index (χ0) is 42.0. The Hall–Kier alpha value is -8.54. The van der Waals surface area contributed by atoms with E-state index < -0.39 is 0 Å². The molecule has 0 aliphatic rings. The molecule has 0 amide bonds. The van der Waals surface area contributed by atoms with Crippen LogP contribution in [0.2, 0.25) is 0 Å². The van der Waals surface area contributed by atoms with Gasteiger partial charge in [0.2, 0.25) is 0 Å². The molecule has 0 radical (unpaired) electrons. The first-order valence-corrected chi connectivity index (χ1v) is 21.1. The van der Waals surface area contributed by atoms with Gasteiger partial charge in [0.05, 0.1) is 11.4 Å². The molecule has 296 valence electrons. The molecule has 3 heterocycles. The Balaban J connectivity index is 0.943. The fourth-order valence-electron chi connectivity index (χ4n) is 8.23. The summed E-state index contributed by atoms with van der Waals surface area (Å²) in [5.74, 6) is 1.85. The third-order valence-corrected chi connectivity index (χ3v) is 11.5. The van der Waals surface area contributed by atoms with Crippen LogP contribution in [-0.2, 0) is 0 Å². The monoisotopic (exact) mass is 805 g/mol. The number of pyridine rings is 1. The number of benzene rings is 8. The standard InChI is InChI=1S/C58H39N5/c1-4-13-40(14-5-1)43-22-30-47(31-23-43)54-55(63-38-11-10-21-53(63)59-54)48-32-24-46(25-33-48)51-19-12-20-52(39-51)58-61-56(49-34-26-44(27-35-49)41-15-6-2-7-16-41)60-57(62-58)50-36-28-45(29-37-50)42-17-8-3-9-18-42/h1-39H. The molecular weight excluding hydrogens is 767 g/mol. The van der Waals surface area contributed by atoms with Crippen molar-refractivity contribution in [2.45, 2.75) is 0 Å². The van der Waals surface area contributed by atoms with Crippen molar-refractivity contribution in [3.8, 4) is 101 Å². The van der Waals surface area contributed by atoms with Gasteiger partial charge in [-0.05, 0) is 62.7 Å². The van der Waals surface area contributed by atoms with E-state index in [1.165, 1.54) is 11.1 Å². The van der Waals surface area contributed by atoms with E-state index in [4.69, 9.17) is 19.9 Å². The molecule has 11 aromatic rings. The lowest BCUT2D eigenvalue weighted by Crippen LogP contribution is -2.00. The van der Waals surface area contributed by atoms with E-state index in [1.807, 2.05) is 24.3 Å². The molecule has 0 fully saturated rings. The molecule has 5 nitrogen and oxygen atoms in total. The molecule has 0 saturated carbocycles. The van der Waals surface area contributed by atoms with Crippen molar-refractivity contribution in [1.82, 2.24) is 24.3 Å². The number of fused-ring (bicyclic) bond motifs is 1. The van der Waals surface area contributed by atoms with Gasteiger partial charge in [-0.15, -0.1) is 0 Å². The number of nitrogens with zero attached hydrogens (tertiary/aromatic N) is 5. The Bertz CT molecular complexity index is 3220. The summed E-state index contributed by atoms with van der Waals surface area (Å²) < 4.78 is 2.18. The van der Waals surface area contributed by atoms with Gasteiger partial charge < -0.3 is 0 Å². The molecule has 0 atom stereocenters. The van der Waals surface area contributed by atoms with Crippen LogP contribution in [0.25, 0.3) is 107 Å². The van der Waals surface area contributed by atoms with Gasteiger partial charge in [0.25, 0.3) is 0 Å². The van der Waals surface area contributed by atoms with Crippen molar-refractivity contribution >= 4 is 5.65 Å². The van der Waals surface area contributed by atoms with Gasteiger partial charge in [-0.3, -0.25) is 4.40 Å². The van der Waals surface area contributed by atoms with Crippen LogP contribution in [-0.4, -0.2) is 24.3 Å². The van der Waals surface area contributed by atoms with Gasteiger partial charge >= 0.3 is 0 Å². The van der Waals surface area contributed by atoms with E-state index in [2.05, 4.69) is 217 Å². The van der Waals surface area contributed by atoms with Crippen LogP contribution >= 0.6 is 0 Å². The Morgan fingerprint density at radius 1 is 0.238 bits per heavy atom. The number of hydrogen-bond donors (Lipinski definition) is 0. The third-order valence-electron chi connectivity index (χ3n) is 11.5. The molecule has 0 saturated heterocycles. The van der Waals surface area contributed by atoms with Gasteiger partial charge in [0, 0.05) is 34.0 Å². The Labute approximate surface area is 366 Å². The van der Waals surface area contributed by atoms with Crippen molar-refractivity contribution in [3.63, 3.8) is 0 Å². The van der Waals surface area contributed by atoms with Crippen molar-refractivity contribution < 1.29 is 0 Å². The normalized spacial score (nSPS) is 11.2. The largest absolute Gasteiger partial charge is 0.299 e. The van der Waals surface area contributed by atoms with Crippen molar-refractivity contribution in [2.75, 3.05) is 0 Å². The molecule has 8 aromatic carbocycles. The molecule has 11 rings (SSSR count). The Morgan fingerprint density at radius 3 is 1.08 bits per heavy atom. The van der Waals surface area contributed by atoms with Crippen LogP contribution < -0.4 is 0 Å². The molecule has 5 heteroatoms. The van der Waals surface area contributed by atoms with Crippen molar-refractivity contribution in [1.29, 1.82) is 0 Å². The maximum atomic E-state index is 5.13. The predicted molar refractivity (Wildman–Crippen MR) is 258 cm³/mol. The molecule has 0 aliphatic carbocycles. The molecule has 0 bridgehead atoms. The highest BCUT2D eigenvalue weighted by Crippen LogP contribution is 2.36. The van der Waals surface area contributed by atoms with Crippen molar-refractivity contribution in [2.24, 2.45) is 0 Å². The van der Waals surface area contributed by atoms with E-state index in [0.717, 1.165) is 78.2 Å². The third kappa shape index (κ3) is 7.60. The first-order chi connectivity index (χ1) is 31.2. The number of aromatic nitrogens is 5. The highest BCUT2D eigenvalue weighted by molar-refractivity contribution is 5.84. The Morgan fingerprint density at radius 2 is 0.587 bits per heavy atom. The molecule has 0 aliphatic heterocycles. The fourth-order valence-corrected chi connectivity index (χ4v) is 8.23. The number of rotatable bonds is 9. The average Bonchev–Trinajstić information content (AvgIpc) is 3.77. The van der Waals surface area contributed by atoms with E-state index in [0.29, 0.717) is 17.5 Å². The fraction of sp³-hybridized carbons (Fsp3) is 0. The summed E-state index contributed by atoms with van der Waals surface area (Å²) in [5, 5.41) is 0. The van der Waals surface area contributed by atoms with Crippen LogP contribution in [0.15, 0.2) is 237 Å². The zero-order valence-electron chi connectivity index (χ0n) is 34.3. The lowest BCUT2D eigenvalue weighted by Gasteiger charge is -2.11. The number of imidazole rings is 1. The van der Waals surface area contributed by atoms with Crippen LogP contribution in [0.4, 0.5) is 0 Å². The van der Waals surface area contributed by atoms with Crippen LogP contribution in [0.5, 0.6) is 0 Å². The minimum atomic E-state index is 0.612. The van der Waals surface area contributed by atoms with Gasteiger partial charge in [-0.1, -0.05) is 212 Å². The highest BCUT2D eigenvalue weighted by Gasteiger charge is 2.18. The SMILES string of the molecule is c1ccc(-c2ccc(-c3nc(-c4ccc(-c5ccccc5)cc4)nc(-c4cccc(-c5ccc(-c6c(-c7ccc(-c8ccccc8)cc7)nc7ccccn67)cc5)c4)n3)cc2)cc1. The Kier molecular flexibility index (Phi) is 9.80. The van der Waals surface area contributed by atoms with Gasteiger partial charge in [0.15, 0.2) is 17.5 Å². The highest BCUT2D eigenvalue weighted by atomic mass is 15.0. The van der Waals surface area contributed by atoms with E-state index in [1.54, 1.807) is 0 Å². The maximum Gasteiger partial charge on any atom is 0.164 e. The van der Waals surface area contributed by atoms with Gasteiger partial charge in [-0.25, -0.2) is 19.9 Å². The molecule has 0 unspecified atom stereocenters. The summed E-state index contributed by atoms with van der Waals surface area (Å²) in [5.41, 5.74) is 16.9. The first-order valence-electron chi connectivity index (χ1n) is 21.1. The molecular formula is C58H39N5. The lowest BCUT2D eigenvalue weighted by atomic mass is 9.98. The second kappa shape index (κ2) is 16.5. The first kappa shape index (κ1) is 37.5. The molecule has 0 spiro atoms. The minimum absolute atomic E-state index is 0.612. The summed E-state index contributed by atoms with van der Waals surface area (Å²) in [4.78, 5) is 20.4. The average molecular weight is 806 g/mol. The van der Waals surface area contributed by atoms with E-state index >= 15 is 0 Å². The molecule has 3 aromatic heterocycles. The molecule has 63 heavy (non-hydrogen) atoms. The van der Waals surface area contributed by atoms with Gasteiger partial charge in [-0.2, -0.15) is 0 Å². The second-order valence-corrected chi connectivity index (χ2v) is 15.5. The van der Waals surface area contributed by atoms with Crippen LogP contribution in [0.3, 0.4) is 0 Å². The van der Waals surface area contributed by atoms with Gasteiger partial charge in [0.1, 0.15) is 5.65 Å². The van der Waals surface area contributed by atoms with Crippen LogP contribution in [0.1, 0.15) is 0 Å². The topological polar surface area (TPSA) is 56.0 Å².